The predicted octanol–water partition coefficient (Wildman–Crippen LogP) is 4.46. The molecule has 0 saturated carbocycles. The number of rotatable bonds is 4. The van der Waals surface area contributed by atoms with E-state index in [1.165, 1.54) is 29.9 Å². The molecule has 0 aliphatic rings. The summed E-state index contributed by atoms with van der Waals surface area (Å²) in [5.74, 6) is -0.0657. The van der Waals surface area contributed by atoms with E-state index in [0.717, 1.165) is 4.88 Å². The predicted molar refractivity (Wildman–Crippen MR) is 83.2 cm³/mol. The number of thiophene rings is 1. The molecule has 5 nitrogen and oxygen atoms in total. The Bertz CT molecular complexity index is 802. The lowest BCUT2D eigenvalue weighted by Crippen LogP contribution is -2.06. The number of aromatic nitrogens is 2. The van der Waals surface area contributed by atoms with Gasteiger partial charge in [-0.15, -0.1) is 11.3 Å². The molecule has 0 spiro atoms. The molecule has 0 N–H and O–H groups in total. The zero-order valence-electron chi connectivity index (χ0n) is 11.0. The van der Waals surface area contributed by atoms with Gasteiger partial charge in [-0.25, -0.2) is 14.8 Å². The molecule has 3 heterocycles. The zero-order valence-corrected chi connectivity index (χ0v) is 13.3. The third-order valence-corrected chi connectivity index (χ3v) is 4.21. The number of halogens is 2. The van der Waals surface area contributed by atoms with Crippen molar-refractivity contribution >= 4 is 40.5 Å². The van der Waals surface area contributed by atoms with E-state index in [2.05, 4.69) is 9.97 Å². The highest BCUT2D eigenvalue weighted by molar-refractivity contribution is 7.13. The molecule has 8 heteroatoms. The van der Waals surface area contributed by atoms with Gasteiger partial charge in [0.2, 0.25) is 5.89 Å². The third-order valence-electron chi connectivity index (χ3n) is 2.67. The highest BCUT2D eigenvalue weighted by Gasteiger charge is 2.13. The molecule has 22 heavy (non-hydrogen) atoms. The van der Waals surface area contributed by atoms with Crippen molar-refractivity contribution in [3.63, 3.8) is 0 Å². The first kappa shape index (κ1) is 15.0. The Labute approximate surface area is 139 Å². The number of carbonyl (C=O) groups excluding carboxylic acids is 1. The lowest BCUT2D eigenvalue weighted by atomic mass is 10.3. The quantitative estimate of drug-likeness (QED) is 0.511. The van der Waals surface area contributed by atoms with E-state index in [1.54, 1.807) is 0 Å². The first-order valence-electron chi connectivity index (χ1n) is 6.10. The topological polar surface area (TPSA) is 65.2 Å². The summed E-state index contributed by atoms with van der Waals surface area (Å²) in [5, 5.41) is 2.25. The molecule has 0 saturated heterocycles. The Morgan fingerprint density at radius 3 is 3.00 bits per heavy atom. The summed E-state index contributed by atoms with van der Waals surface area (Å²) in [6, 6.07) is 5.20. The summed E-state index contributed by atoms with van der Waals surface area (Å²) in [6.45, 7) is -0.00600. The van der Waals surface area contributed by atoms with Crippen molar-refractivity contribution in [1.29, 1.82) is 0 Å². The lowest BCUT2D eigenvalue weighted by molar-refractivity contribution is 0.0467. The number of pyridine rings is 1. The van der Waals surface area contributed by atoms with Crippen molar-refractivity contribution < 1.29 is 13.9 Å². The smallest absolute Gasteiger partial charge is 0.340 e. The second-order valence-corrected chi connectivity index (χ2v) is 5.91. The molecular formula is C14H8Cl2N2O3S. The Balaban J connectivity index is 1.65. The van der Waals surface area contributed by atoms with Crippen LogP contribution in [0.1, 0.15) is 16.1 Å². The van der Waals surface area contributed by atoms with Crippen LogP contribution < -0.4 is 0 Å². The van der Waals surface area contributed by atoms with Crippen molar-refractivity contribution in [2.75, 3.05) is 0 Å². The standard InChI is InChI=1S/C14H8Cl2N2O3S/c15-10-4-8(5-17-12(10)16)14(19)21-7-9-6-20-13(18-9)11-2-1-3-22-11/h1-6H,7H2. The number of hydrogen-bond acceptors (Lipinski definition) is 6. The third kappa shape index (κ3) is 3.30. The summed E-state index contributed by atoms with van der Waals surface area (Å²) in [5.41, 5.74) is 0.737. The van der Waals surface area contributed by atoms with Crippen molar-refractivity contribution in [3.05, 3.63) is 57.5 Å². The Kier molecular flexibility index (Phi) is 4.42. The fourth-order valence-electron chi connectivity index (χ4n) is 1.64. The minimum absolute atomic E-state index is 0.00600. The average molecular weight is 355 g/mol. The van der Waals surface area contributed by atoms with Gasteiger partial charge < -0.3 is 9.15 Å². The molecule has 0 aromatic carbocycles. The van der Waals surface area contributed by atoms with E-state index in [0.29, 0.717) is 11.6 Å². The van der Waals surface area contributed by atoms with E-state index >= 15 is 0 Å². The highest BCUT2D eigenvalue weighted by Crippen LogP contribution is 2.24. The molecule has 0 atom stereocenters. The van der Waals surface area contributed by atoms with Crippen LogP contribution in [0.4, 0.5) is 0 Å². The Morgan fingerprint density at radius 2 is 2.27 bits per heavy atom. The fourth-order valence-corrected chi connectivity index (χ4v) is 2.57. The van der Waals surface area contributed by atoms with Crippen LogP contribution in [-0.2, 0) is 11.3 Å². The number of esters is 1. The Morgan fingerprint density at radius 1 is 1.41 bits per heavy atom. The molecule has 0 amide bonds. The average Bonchev–Trinajstić information content (AvgIpc) is 3.18. The van der Waals surface area contributed by atoms with E-state index in [-0.39, 0.29) is 22.3 Å². The summed E-state index contributed by atoms with van der Waals surface area (Å²) in [7, 11) is 0. The molecule has 0 fully saturated rings. The van der Waals surface area contributed by atoms with Gasteiger partial charge in [0.25, 0.3) is 0 Å². The maximum absolute atomic E-state index is 11.9. The Hall–Kier alpha value is -1.89. The maximum atomic E-state index is 11.9. The molecular weight excluding hydrogens is 347 g/mol. The van der Waals surface area contributed by atoms with Crippen LogP contribution >= 0.6 is 34.5 Å². The lowest BCUT2D eigenvalue weighted by Gasteiger charge is -2.03. The van der Waals surface area contributed by atoms with Gasteiger partial charge >= 0.3 is 5.97 Å². The second-order valence-electron chi connectivity index (χ2n) is 4.19. The zero-order chi connectivity index (χ0) is 15.5. The van der Waals surface area contributed by atoms with Gasteiger partial charge in [-0.2, -0.15) is 0 Å². The molecule has 0 radical (unpaired) electrons. The number of carbonyl (C=O) groups is 1. The van der Waals surface area contributed by atoms with Crippen LogP contribution in [0.25, 0.3) is 10.8 Å². The molecule has 3 rings (SSSR count). The molecule has 0 unspecified atom stereocenters. The normalized spacial score (nSPS) is 10.6. The monoisotopic (exact) mass is 354 g/mol. The van der Waals surface area contributed by atoms with Gasteiger partial charge in [0.1, 0.15) is 23.7 Å². The second kappa shape index (κ2) is 6.48. The highest BCUT2D eigenvalue weighted by atomic mass is 35.5. The SMILES string of the molecule is O=C(OCc1coc(-c2cccs2)n1)c1cnc(Cl)c(Cl)c1. The number of hydrogen-bond donors (Lipinski definition) is 0. The molecule has 3 aromatic rings. The van der Waals surface area contributed by atoms with E-state index in [1.807, 2.05) is 17.5 Å². The maximum Gasteiger partial charge on any atom is 0.340 e. The largest absolute Gasteiger partial charge is 0.455 e. The number of nitrogens with zero attached hydrogens (tertiary/aromatic N) is 2. The fraction of sp³-hybridized carbons (Fsp3) is 0.0714. The van der Waals surface area contributed by atoms with Gasteiger partial charge in [0.05, 0.1) is 15.5 Å². The van der Waals surface area contributed by atoms with Crippen molar-refractivity contribution in [2.24, 2.45) is 0 Å². The summed E-state index contributed by atoms with van der Waals surface area (Å²) in [6.07, 6.45) is 2.76. The van der Waals surface area contributed by atoms with Crippen LogP contribution in [0.3, 0.4) is 0 Å². The molecule has 0 aliphatic heterocycles. The van der Waals surface area contributed by atoms with Gasteiger partial charge in [0, 0.05) is 6.20 Å². The summed E-state index contributed by atoms with van der Waals surface area (Å²) >= 11 is 13.0. The van der Waals surface area contributed by atoms with Gasteiger partial charge in [-0.3, -0.25) is 0 Å². The van der Waals surface area contributed by atoms with Crippen LogP contribution in [0.5, 0.6) is 0 Å². The van der Waals surface area contributed by atoms with E-state index < -0.39 is 5.97 Å². The van der Waals surface area contributed by atoms with E-state index in [9.17, 15) is 4.79 Å². The molecule has 0 aliphatic carbocycles. The van der Waals surface area contributed by atoms with Crippen LogP contribution in [0, 0.1) is 0 Å². The summed E-state index contributed by atoms with van der Waals surface area (Å²) in [4.78, 5) is 20.9. The molecule has 0 bridgehead atoms. The van der Waals surface area contributed by atoms with Gasteiger partial charge in [-0.1, -0.05) is 29.3 Å². The van der Waals surface area contributed by atoms with Crippen LogP contribution in [0.2, 0.25) is 10.2 Å². The minimum Gasteiger partial charge on any atom is -0.455 e. The molecule has 3 aromatic heterocycles. The number of oxazole rings is 1. The van der Waals surface area contributed by atoms with Crippen LogP contribution in [0.15, 0.2) is 40.5 Å². The molecule has 112 valence electrons. The first-order valence-corrected chi connectivity index (χ1v) is 7.73. The summed E-state index contributed by atoms with van der Waals surface area (Å²) < 4.78 is 10.5. The minimum atomic E-state index is -0.563. The van der Waals surface area contributed by atoms with Crippen molar-refractivity contribution in [1.82, 2.24) is 9.97 Å². The van der Waals surface area contributed by atoms with Gasteiger partial charge in [0.15, 0.2) is 0 Å². The van der Waals surface area contributed by atoms with Crippen molar-refractivity contribution in [3.8, 4) is 10.8 Å². The number of ether oxygens (including phenoxy) is 1. The van der Waals surface area contributed by atoms with Crippen LogP contribution in [-0.4, -0.2) is 15.9 Å². The first-order chi connectivity index (χ1) is 10.6. The van der Waals surface area contributed by atoms with Crippen molar-refractivity contribution in [2.45, 2.75) is 6.61 Å². The van der Waals surface area contributed by atoms with E-state index in [4.69, 9.17) is 32.4 Å². The van der Waals surface area contributed by atoms with Gasteiger partial charge in [-0.05, 0) is 17.5 Å².